The number of hydrogen-bond donors (Lipinski definition) is 2. The SMILES string of the molecule is NC[C@@H]1CNc2cc(F)cc(-c3cccc(Cl)c3)c2O1. The highest BCUT2D eigenvalue weighted by atomic mass is 35.5. The summed E-state index contributed by atoms with van der Waals surface area (Å²) in [5, 5.41) is 3.75. The van der Waals surface area contributed by atoms with E-state index in [0.29, 0.717) is 35.1 Å². The topological polar surface area (TPSA) is 47.3 Å². The summed E-state index contributed by atoms with van der Waals surface area (Å²) in [6, 6.07) is 10.1. The first kappa shape index (κ1) is 13.2. The third kappa shape index (κ3) is 2.44. The van der Waals surface area contributed by atoms with Crippen molar-refractivity contribution in [3.8, 4) is 16.9 Å². The van der Waals surface area contributed by atoms with Gasteiger partial charge in [0.1, 0.15) is 11.9 Å². The molecule has 20 heavy (non-hydrogen) atoms. The number of anilines is 1. The van der Waals surface area contributed by atoms with Gasteiger partial charge in [0.15, 0.2) is 5.75 Å². The van der Waals surface area contributed by atoms with Crippen LogP contribution in [0.3, 0.4) is 0 Å². The normalized spacial score (nSPS) is 17.1. The Hall–Kier alpha value is -1.78. The Kier molecular flexibility index (Phi) is 3.51. The maximum absolute atomic E-state index is 13.8. The zero-order chi connectivity index (χ0) is 14.1. The molecular formula is C15H14ClFN2O. The van der Waals surface area contributed by atoms with E-state index in [0.717, 1.165) is 5.56 Å². The minimum Gasteiger partial charge on any atom is -0.484 e. The Labute approximate surface area is 121 Å². The molecule has 0 aliphatic carbocycles. The highest BCUT2D eigenvalue weighted by molar-refractivity contribution is 6.30. The third-order valence-electron chi connectivity index (χ3n) is 3.26. The minimum atomic E-state index is -0.318. The van der Waals surface area contributed by atoms with Crippen molar-refractivity contribution >= 4 is 17.3 Å². The van der Waals surface area contributed by atoms with Crippen LogP contribution < -0.4 is 15.8 Å². The Balaban J connectivity index is 2.13. The van der Waals surface area contributed by atoms with Crippen molar-refractivity contribution in [2.24, 2.45) is 5.73 Å². The second-order valence-corrected chi connectivity index (χ2v) is 5.13. The largest absolute Gasteiger partial charge is 0.484 e. The maximum atomic E-state index is 13.8. The van der Waals surface area contributed by atoms with E-state index in [-0.39, 0.29) is 11.9 Å². The van der Waals surface area contributed by atoms with Gasteiger partial charge in [-0.2, -0.15) is 0 Å². The predicted octanol–water partition coefficient (Wildman–Crippen LogP) is 3.28. The summed E-state index contributed by atoms with van der Waals surface area (Å²) in [6.07, 6.45) is -0.120. The summed E-state index contributed by atoms with van der Waals surface area (Å²) in [6.45, 7) is 0.973. The second-order valence-electron chi connectivity index (χ2n) is 4.70. The van der Waals surface area contributed by atoms with Gasteiger partial charge in [0.05, 0.1) is 12.2 Å². The monoisotopic (exact) mass is 292 g/mol. The summed E-state index contributed by atoms with van der Waals surface area (Å²) in [5.41, 5.74) is 7.77. The molecule has 1 atom stereocenters. The molecule has 0 aromatic heterocycles. The molecule has 3 N–H and O–H groups in total. The van der Waals surface area contributed by atoms with Crippen LogP contribution in [0.15, 0.2) is 36.4 Å². The van der Waals surface area contributed by atoms with Crippen molar-refractivity contribution in [2.75, 3.05) is 18.4 Å². The lowest BCUT2D eigenvalue weighted by atomic mass is 10.0. The summed E-state index contributed by atoms with van der Waals surface area (Å²) in [5.74, 6) is 0.302. The van der Waals surface area contributed by atoms with Crippen molar-refractivity contribution in [1.29, 1.82) is 0 Å². The number of benzene rings is 2. The average molecular weight is 293 g/mol. The maximum Gasteiger partial charge on any atom is 0.151 e. The standard InChI is InChI=1S/C15H14ClFN2O/c16-10-3-1-2-9(4-10)13-5-11(17)6-14-15(13)20-12(7-18)8-19-14/h1-6,12,19H,7-8,18H2/t12-/m1/s1. The molecule has 0 bridgehead atoms. The van der Waals surface area contributed by atoms with Gasteiger partial charge in [-0.3, -0.25) is 0 Å². The Morgan fingerprint density at radius 1 is 1.35 bits per heavy atom. The van der Waals surface area contributed by atoms with Crippen molar-refractivity contribution in [2.45, 2.75) is 6.10 Å². The van der Waals surface area contributed by atoms with Crippen LogP contribution in [-0.4, -0.2) is 19.2 Å². The van der Waals surface area contributed by atoms with E-state index in [2.05, 4.69) is 5.32 Å². The zero-order valence-electron chi connectivity index (χ0n) is 10.7. The number of nitrogens with one attached hydrogen (secondary N) is 1. The Morgan fingerprint density at radius 3 is 2.95 bits per heavy atom. The van der Waals surface area contributed by atoms with E-state index in [4.69, 9.17) is 22.1 Å². The van der Waals surface area contributed by atoms with Crippen LogP contribution in [-0.2, 0) is 0 Å². The molecule has 0 spiro atoms. The van der Waals surface area contributed by atoms with Gasteiger partial charge in [-0.1, -0.05) is 23.7 Å². The first-order chi connectivity index (χ1) is 9.67. The van der Waals surface area contributed by atoms with Gasteiger partial charge in [-0.15, -0.1) is 0 Å². The molecule has 0 fully saturated rings. The fraction of sp³-hybridized carbons (Fsp3) is 0.200. The van der Waals surface area contributed by atoms with Gasteiger partial charge in [0.25, 0.3) is 0 Å². The van der Waals surface area contributed by atoms with Crippen LogP contribution in [0.2, 0.25) is 5.02 Å². The highest BCUT2D eigenvalue weighted by Gasteiger charge is 2.22. The molecule has 104 valence electrons. The summed E-state index contributed by atoms with van der Waals surface area (Å²) in [4.78, 5) is 0. The van der Waals surface area contributed by atoms with Gasteiger partial charge >= 0.3 is 0 Å². The number of fused-ring (bicyclic) bond motifs is 1. The molecule has 3 nitrogen and oxygen atoms in total. The Morgan fingerprint density at radius 2 is 2.20 bits per heavy atom. The van der Waals surface area contributed by atoms with E-state index >= 15 is 0 Å². The summed E-state index contributed by atoms with van der Waals surface area (Å²) >= 11 is 6.00. The first-order valence-corrected chi connectivity index (χ1v) is 6.75. The van der Waals surface area contributed by atoms with Crippen molar-refractivity contribution in [3.63, 3.8) is 0 Å². The van der Waals surface area contributed by atoms with Crippen molar-refractivity contribution < 1.29 is 9.13 Å². The van der Waals surface area contributed by atoms with Crippen LogP contribution in [0.1, 0.15) is 0 Å². The van der Waals surface area contributed by atoms with Gasteiger partial charge in [-0.25, -0.2) is 4.39 Å². The van der Waals surface area contributed by atoms with Gasteiger partial charge < -0.3 is 15.8 Å². The zero-order valence-corrected chi connectivity index (χ0v) is 11.5. The lowest BCUT2D eigenvalue weighted by Crippen LogP contribution is -2.37. The average Bonchev–Trinajstić information content (AvgIpc) is 2.46. The van der Waals surface area contributed by atoms with E-state index < -0.39 is 0 Å². The quantitative estimate of drug-likeness (QED) is 0.893. The number of rotatable bonds is 2. The minimum absolute atomic E-state index is 0.120. The van der Waals surface area contributed by atoms with E-state index in [1.165, 1.54) is 12.1 Å². The first-order valence-electron chi connectivity index (χ1n) is 6.37. The molecule has 0 saturated heterocycles. The molecule has 2 aromatic rings. The van der Waals surface area contributed by atoms with Crippen LogP contribution in [0.5, 0.6) is 5.75 Å². The molecule has 3 rings (SSSR count). The van der Waals surface area contributed by atoms with Crippen molar-refractivity contribution in [3.05, 3.63) is 47.2 Å². The third-order valence-corrected chi connectivity index (χ3v) is 3.49. The molecule has 2 aromatic carbocycles. The fourth-order valence-electron chi connectivity index (χ4n) is 2.29. The number of nitrogens with two attached hydrogens (primary N) is 1. The van der Waals surface area contributed by atoms with Gasteiger partial charge in [0.2, 0.25) is 0 Å². The molecule has 1 aliphatic heterocycles. The number of hydrogen-bond acceptors (Lipinski definition) is 3. The van der Waals surface area contributed by atoms with Crippen LogP contribution in [0, 0.1) is 5.82 Å². The van der Waals surface area contributed by atoms with E-state index in [9.17, 15) is 4.39 Å². The van der Waals surface area contributed by atoms with Crippen LogP contribution in [0.4, 0.5) is 10.1 Å². The summed E-state index contributed by atoms with van der Waals surface area (Å²) in [7, 11) is 0. The number of halogens is 2. The van der Waals surface area contributed by atoms with Crippen LogP contribution >= 0.6 is 11.6 Å². The molecule has 1 aliphatic rings. The lowest BCUT2D eigenvalue weighted by molar-refractivity contribution is 0.215. The van der Waals surface area contributed by atoms with E-state index in [1.54, 1.807) is 12.1 Å². The van der Waals surface area contributed by atoms with E-state index in [1.807, 2.05) is 12.1 Å². The van der Waals surface area contributed by atoms with Crippen molar-refractivity contribution in [1.82, 2.24) is 0 Å². The number of ether oxygens (including phenoxy) is 1. The lowest BCUT2D eigenvalue weighted by Gasteiger charge is -2.28. The summed E-state index contributed by atoms with van der Waals surface area (Å²) < 4.78 is 19.6. The molecule has 1 heterocycles. The molecular weight excluding hydrogens is 279 g/mol. The van der Waals surface area contributed by atoms with Gasteiger partial charge in [0, 0.05) is 23.2 Å². The molecule has 0 unspecified atom stereocenters. The van der Waals surface area contributed by atoms with Gasteiger partial charge in [-0.05, 0) is 23.8 Å². The Bertz CT molecular complexity index is 648. The fourth-order valence-corrected chi connectivity index (χ4v) is 2.48. The molecule has 5 heteroatoms. The molecule has 0 radical (unpaired) electrons. The predicted molar refractivity (Wildman–Crippen MR) is 78.8 cm³/mol. The molecule has 0 amide bonds. The highest BCUT2D eigenvalue weighted by Crippen LogP contribution is 2.40. The second kappa shape index (κ2) is 5.31. The smallest absolute Gasteiger partial charge is 0.151 e. The van der Waals surface area contributed by atoms with Crippen LogP contribution in [0.25, 0.3) is 11.1 Å². The molecule has 0 saturated carbocycles.